The second kappa shape index (κ2) is 24.1. The SMILES string of the molecule is C=CC(C1C=CCC=C/C1=C/C)n1c(-c2cc(C(=NC(C)/C=C\C)N(C)C(C)N=C)cc(-c3nc(C)cn3/C(C)=C(\C=C/C)C(CC)/C(C)=C/C=C\C)c2)nc(CC)c1/N=C\CC. The minimum absolute atomic E-state index is 0.0165. The van der Waals surface area contributed by atoms with Crippen LogP contribution in [0, 0.1) is 18.8 Å². The second-order valence-electron chi connectivity index (χ2n) is 16.2. The Kier molecular flexibility index (Phi) is 19.0. The van der Waals surface area contributed by atoms with Gasteiger partial charge in [0.1, 0.15) is 23.7 Å². The van der Waals surface area contributed by atoms with E-state index in [-0.39, 0.29) is 30.1 Å². The molecule has 0 fully saturated rings. The number of aromatic nitrogens is 4. The monoisotopic (exact) mass is 847 g/mol. The zero-order valence-corrected chi connectivity index (χ0v) is 40.6. The van der Waals surface area contributed by atoms with Gasteiger partial charge in [0.25, 0.3) is 0 Å². The molecule has 0 amide bonds. The summed E-state index contributed by atoms with van der Waals surface area (Å²) in [5.74, 6) is 3.52. The number of hydrogen-bond donors (Lipinski definition) is 0. The van der Waals surface area contributed by atoms with Gasteiger partial charge in [-0.25, -0.2) is 15.0 Å². The molecule has 1 aliphatic carbocycles. The summed E-state index contributed by atoms with van der Waals surface area (Å²) in [6.07, 6.45) is 35.5. The highest BCUT2D eigenvalue weighted by Crippen LogP contribution is 2.41. The summed E-state index contributed by atoms with van der Waals surface area (Å²) in [4.78, 5) is 27.8. The lowest BCUT2D eigenvalue weighted by atomic mass is 9.87. The molecule has 4 rings (SSSR count). The van der Waals surface area contributed by atoms with E-state index in [1.54, 1.807) is 0 Å². The molecule has 8 heteroatoms. The molecule has 0 saturated heterocycles. The van der Waals surface area contributed by atoms with E-state index in [4.69, 9.17) is 20.0 Å². The molecule has 5 unspecified atom stereocenters. The molecule has 1 aliphatic rings. The summed E-state index contributed by atoms with van der Waals surface area (Å²) >= 11 is 0. The van der Waals surface area contributed by atoms with Crippen molar-refractivity contribution < 1.29 is 0 Å². The lowest BCUT2D eigenvalue weighted by Gasteiger charge is -2.28. The van der Waals surface area contributed by atoms with E-state index in [0.717, 1.165) is 76.3 Å². The number of imidazole rings is 2. The van der Waals surface area contributed by atoms with Crippen molar-refractivity contribution in [2.45, 2.75) is 127 Å². The molecule has 8 nitrogen and oxygen atoms in total. The van der Waals surface area contributed by atoms with Gasteiger partial charge in [0.05, 0.1) is 23.5 Å². The number of benzene rings is 1. The molecular weight excluding hydrogens is 773 g/mol. The molecule has 2 heterocycles. The van der Waals surface area contributed by atoms with Gasteiger partial charge in [0, 0.05) is 53.7 Å². The normalized spacial score (nSPS) is 18.2. The van der Waals surface area contributed by atoms with E-state index in [9.17, 15) is 0 Å². The summed E-state index contributed by atoms with van der Waals surface area (Å²) in [6.45, 7) is 33.9. The van der Waals surface area contributed by atoms with E-state index < -0.39 is 0 Å². The van der Waals surface area contributed by atoms with E-state index in [0.29, 0.717) is 6.42 Å². The van der Waals surface area contributed by atoms with Crippen LogP contribution in [0.1, 0.15) is 118 Å². The van der Waals surface area contributed by atoms with Gasteiger partial charge in [0.15, 0.2) is 5.82 Å². The molecule has 0 N–H and O–H groups in total. The number of allylic oxidation sites excluding steroid dienone is 16. The Labute approximate surface area is 380 Å². The third kappa shape index (κ3) is 11.8. The van der Waals surface area contributed by atoms with Crippen LogP contribution < -0.4 is 0 Å². The first-order valence-corrected chi connectivity index (χ1v) is 22.9. The summed E-state index contributed by atoms with van der Waals surface area (Å²) < 4.78 is 4.58. The average molecular weight is 847 g/mol. The Bertz CT molecular complexity index is 2360. The van der Waals surface area contributed by atoms with Crippen molar-refractivity contribution in [3.63, 3.8) is 0 Å². The first-order valence-electron chi connectivity index (χ1n) is 22.9. The number of amidine groups is 1. The van der Waals surface area contributed by atoms with Gasteiger partial charge in [-0.3, -0.25) is 9.98 Å². The molecule has 0 bridgehead atoms. The molecule has 0 aliphatic heterocycles. The molecule has 334 valence electrons. The van der Waals surface area contributed by atoms with Crippen LogP contribution in [-0.2, 0) is 6.42 Å². The number of aryl methyl sites for hydroxylation is 2. The van der Waals surface area contributed by atoms with Crippen LogP contribution in [0.25, 0.3) is 28.5 Å². The fourth-order valence-corrected chi connectivity index (χ4v) is 8.37. The predicted molar refractivity (Wildman–Crippen MR) is 274 cm³/mol. The van der Waals surface area contributed by atoms with Crippen molar-refractivity contribution >= 4 is 30.3 Å². The van der Waals surface area contributed by atoms with Gasteiger partial charge >= 0.3 is 0 Å². The van der Waals surface area contributed by atoms with Crippen molar-refractivity contribution in [3.05, 3.63) is 144 Å². The summed E-state index contributed by atoms with van der Waals surface area (Å²) in [6, 6.07) is 6.40. The molecule has 0 spiro atoms. The minimum atomic E-state index is -0.237. The van der Waals surface area contributed by atoms with E-state index in [1.807, 2.05) is 33.2 Å². The topological polar surface area (TPSA) is 76.0 Å². The number of aliphatic imine (C=N–C) groups is 3. The molecule has 0 saturated carbocycles. The first-order chi connectivity index (χ1) is 30.4. The Morgan fingerprint density at radius 1 is 0.984 bits per heavy atom. The number of hydrogen-bond acceptors (Lipinski definition) is 5. The van der Waals surface area contributed by atoms with Crippen molar-refractivity contribution in [2.24, 2.45) is 26.8 Å². The first kappa shape index (κ1) is 49.8. The lowest BCUT2D eigenvalue weighted by Crippen LogP contribution is -2.35. The van der Waals surface area contributed by atoms with Crippen molar-refractivity contribution in [3.8, 4) is 22.8 Å². The Hall–Kier alpha value is -5.89. The van der Waals surface area contributed by atoms with Gasteiger partial charge in [-0.05, 0) is 124 Å². The Morgan fingerprint density at radius 2 is 1.71 bits per heavy atom. The molecule has 5 atom stereocenters. The largest absolute Gasteiger partial charge is 0.338 e. The van der Waals surface area contributed by atoms with Gasteiger partial charge < -0.3 is 14.0 Å². The zero-order valence-electron chi connectivity index (χ0n) is 40.6. The van der Waals surface area contributed by atoms with Crippen molar-refractivity contribution in [2.75, 3.05) is 7.05 Å². The standard InChI is InChI=1S/C55H74N8/c1-16-24-30-38(9)47(21-6)48(29-18-3)41(12)62-37-40(11)59-53(62)45-34-44(52(58-39(10)28-17-2)61(15)42(13)56-14)35-46(36-45)54-60-50(22-7)55(57-33-19-4)63(54)51(23-8)49-32-27-25-26-31-43(49)20-5/h16-18,20,23-24,26-37,39,42,47,49,51H,8,14,19,21-22,25H2,1-7,9-13,15H3/b24-16-,28-17-,29-18-,38-30+,43-20-,48-41+,57-33-,58-52?. The third-order valence-electron chi connectivity index (χ3n) is 11.7. The minimum Gasteiger partial charge on any atom is -0.338 e. The third-order valence-corrected chi connectivity index (χ3v) is 11.7. The molecule has 0 radical (unpaired) electrons. The van der Waals surface area contributed by atoms with E-state index in [1.165, 1.54) is 16.7 Å². The number of nitrogens with zero attached hydrogens (tertiary/aromatic N) is 8. The highest BCUT2D eigenvalue weighted by Gasteiger charge is 2.30. The zero-order chi connectivity index (χ0) is 46.2. The highest BCUT2D eigenvalue weighted by atomic mass is 15.3. The Balaban J connectivity index is 2.25. The van der Waals surface area contributed by atoms with Crippen LogP contribution in [0.15, 0.2) is 142 Å². The van der Waals surface area contributed by atoms with Crippen LogP contribution in [0.2, 0.25) is 0 Å². The fraction of sp³-hybridized carbons (Fsp3) is 0.400. The van der Waals surface area contributed by atoms with Gasteiger partial charge in [-0.1, -0.05) is 105 Å². The smallest absolute Gasteiger partial charge is 0.156 e. The van der Waals surface area contributed by atoms with Gasteiger partial charge in [0.2, 0.25) is 0 Å². The van der Waals surface area contributed by atoms with E-state index in [2.05, 4.69) is 199 Å². The van der Waals surface area contributed by atoms with Crippen molar-refractivity contribution in [1.82, 2.24) is 24.0 Å². The summed E-state index contributed by atoms with van der Waals surface area (Å²) in [5.41, 5.74) is 9.55. The summed E-state index contributed by atoms with van der Waals surface area (Å²) in [7, 11) is 2.04. The van der Waals surface area contributed by atoms with Crippen molar-refractivity contribution in [1.29, 1.82) is 0 Å². The maximum Gasteiger partial charge on any atom is 0.156 e. The van der Waals surface area contributed by atoms with Crippen LogP contribution in [0.4, 0.5) is 5.82 Å². The van der Waals surface area contributed by atoms with E-state index >= 15 is 0 Å². The molecule has 3 aromatic rings. The van der Waals surface area contributed by atoms with Gasteiger partial charge in [-0.2, -0.15) is 0 Å². The average Bonchev–Trinajstić information content (AvgIpc) is 3.77. The molecule has 1 aromatic carbocycles. The summed E-state index contributed by atoms with van der Waals surface area (Å²) in [5, 5.41) is 0. The Morgan fingerprint density at radius 3 is 2.32 bits per heavy atom. The molecule has 2 aromatic heterocycles. The fourth-order valence-electron chi connectivity index (χ4n) is 8.37. The van der Waals surface area contributed by atoms with Gasteiger partial charge in [-0.15, -0.1) is 6.58 Å². The predicted octanol–water partition coefficient (Wildman–Crippen LogP) is 14.2. The molecular formula is C55H74N8. The maximum atomic E-state index is 5.49. The highest BCUT2D eigenvalue weighted by molar-refractivity contribution is 6.01. The second-order valence-corrected chi connectivity index (χ2v) is 16.2. The van der Waals surface area contributed by atoms with Crippen LogP contribution in [0.5, 0.6) is 0 Å². The number of rotatable bonds is 19. The van der Waals surface area contributed by atoms with Crippen LogP contribution >= 0.6 is 0 Å². The lowest BCUT2D eigenvalue weighted by molar-refractivity contribution is 0.404. The molecule has 63 heavy (non-hydrogen) atoms. The van der Waals surface area contributed by atoms with Crippen LogP contribution in [0.3, 0.4) is 0 Å². The maximum absolute atomic E-state index is 5.49. The quantitative estimate of drug-likeness (QED) is 0.0522. The van der Waals surface area contributed by atoms with Crippen LogP contribution in [-0.4, -0.2) is 62.0 Å².